The molecule has 0 radical (unpaired) electrons. The summed E-state index contributed by atoms with van der Waals surface area (Å²) in [6.07, 6.45) is 6.73. The van der Waals surface area contributed by atoms with Gasteiger partial charge in [0.1, 0.15) is 5.82 Å². The Morgan fingerprint density at radius 2 is 1.26 bits per heavy atom. The fourth-order valence-electron chi connectivity index (χ4n) is 2.71. The second kappa shape index (κ2) is 8.67. The van der Waals surface area contributed by atoms with Gasteiger partial charge < -0.3 is 4.98 Å². The van der Waals surface area contributed by atoms with Crippen molar-refractivity contribution in [1.82, 2.24) is 19.9 Å². The highest BCUT2D eigenvalue weighted by Gasteiger charge is 2.16. The fraction of sp³-hybridized carbons (Fsp3) is 0.0909. The number of aromatic amines is 1. The molecule has 3 heterocycles. The van der Waals surface area contributed by atoms with Crippen LogP contribution in [-0.2, 0) is 0 Å². The Bertz CT molecular complexity index is 1050. The Balaban J connectivity index is 0.00000102. The maximum atomic E-state index is 12.9. The normalized spacial score (nSPS) is 10.0. The zero-order chi connectivity index (χ0) is 19.1. The summed E-state index contributed by atoms with van der Waals surface area (Å²) in [4.78, 5) is 28.6. The third-order valence-electron chi connectivity index (χ3n) is 3.89. The topological polar surface area (TPSA) is 71.5 Å². The molecular weight excluding hydrogens is 336 g/mol. The van der Waals surface area contributed by atoms with Gasteiger partial charge in [-0.2, -0.15) is 0 Å². The van der Waals surface area contributed by atoms with Crippen molar-refractivity contribution >= 4 is 0 Å². The first-order chi connectivity index (χ1) is 13.3. The van der Waals surface area contributed by atoms with Crippen molar-refractivity contribution in [2.24, 2.45) is 0 Å². The molecule has 0 spiro atoms. The Morgan fingerprint density at radius 3 is 1.85 bits per heavy atom. The van der Waals surface area contributed by atoms with E-state index < -0.39 is 0 Å². The molecule has 134 valence electrons. The van der Waals surface area contributed by atoms with E-state index in [9.17, 15) is 4.79 Å². The first-order valence-electron chi connectivity index (χ1n) is 8.83. The quantitative estimate of drug-likeness (QED) is 0.583. The van der Waals surface area contributed by atoms with Gasteiger partial charge in [0.05, 0.1) is 11.3 Å². The smallest absolute Gasteiger partial charge is 0.259 e. The summed E-state index contributed by atoms with van der Waals surface area (Å²) < 4.78 is 0. The Hall–Kier alpha value is -3.60. The number of nitrogens with zero attached hydrogens (tertiary/aromatic N) is 3. The SMILES string of the molecule is CC.O=c1[nH]c(-c2ccncc2)nc(-c2ccncc2)c1-c1ccccc1. The van der Waals surface area contributed by atoms with Crippen LogP contribution in [-0.4, -0.2) is 19.9 Å². The lowest BCUT2D eigenvalue weighted by Crippen LogP contribution is -2.14. The van der Waals surface area contributed by atoms with Crippen molar-refractivity contribution in [3.63, 3.8) is 0 Å². The third kappa shape index (κ3) is 3.98. The van der Waals surface area contributed by atoms with Crippen LogP contribution in [0.5, 0.6) is 0 Å². The summed E-state index contributed by atoms with van der Waals surface area (Å²) in [5.74, 6) is 0.513. The predicted molar refractivity (Wildman–Crippen MR) is 108 cm³/mol. The predicted octanol–water partition coefficient (Wildman–Crippen LogP) is 4.59. The number of rotatable bonds is 3. The zero-order valence-electron chi connectivity index (χ0n) is 15.3. The average molecular weight is 356 g/mol. The highest BCUT2D eigenvalue weighted by molar-refractivity contribution is 5.81. The molecule has 0 bridgehead atoms. The van der Waals surface area contributed by atoms with Crippen molar-refractivity contribution < 1.29 is 0 Å². The molecule has 0 amide bonds. The van der Waals surface area contributed by atoms with Crippen molar-refractivity contribution in [3.8, 4) is 33.8 Å². The largest absolute Gasteiger partial charge is 0.306 e. The summed E-state index contributed by atoms with van der Waals surface area (Å²) in [7, 11) is 0. The molecule has 0 atom stereocenters. The van der Waals surface area contributed by atoms with E-state index in [0.29, 0.717) is 17.1 Å². The molecule has 0 aliphatic carbocycles. The van der Waals surface area contributed by atoms with E-state index in [-0.39, 0.29) is 5.56 Å². The van der Waals surface area contributed by atoms with Crippen LogP contribution in [0.2, 0.25) is 0 Å². The van der Waals surface area contributed by atoms with Crippen LogP contribution in [0.4, 0.5) is 0 Å². The lowest BCUT2D eigenvalue weighted by Gasteiger charge is -2.11. The van der Waals surface area contributed by atoms with Gasteiger partial charge in [-0.3, -0.25) is 14.8 Å². The van der Waals surface area contributed by atoms with E-state index in [1.165, 1.54) is 0 Å². The summed E-state index contributed by atoms with van der Waals surface area (Å²) >= 11 is 0. The van der Waals surface area contributed by atoms with Gasteiger partial charge in [0, 0.05) is 35.9 Å². The summed E-state index contributed by atoms with van der Waals surface area (Å²) in [6.45, 7) is 4.00. The van der Waals surface area contributed by atoms with Crippen molar-refractivity contribution in [3.05, 3.63) is 89.7 Å². The number of hydrogen-bond acceptors (Lipinski definition) is 4. The minimum atomic E-state index is -0.181. The van der Waals surface area contributed by atoms with Gasteiger partial charge in [0.15, 0.2) is 0 Å². The highest BCUT2D eigenvalue weighted by atomic mass is 16.1. The maximum absolute atomic E-state index is 12.9. The number of benzene rings is 1. The number of pyridine rings is 2. The lowest BCUT2D eigenvalue weighted by atomic mass is 10.0. The van der Waals surface area contributed by atoms with Crippen molar-refractivity contribution in [2.45, 2.75) is 13.8 Å². The van der Waals surface area contributed by atoms with Crippen molar-refractivity contribution in [2.75, 3.05) is 0 Å². The van der Waals surface area contributed by atoms with Crippen LogP contribution in [0.1, 0.15) is 13.8 Å². The minimum absolute atomic E-state index is 0.181. The minimum Gasteiger partial charge on any atom is -0.306 e. The average Bonchev–Trinajstić information content (AvgIpc) is 2.76. The Labute approximate surface area is 157 Å². The van der Waals surface area contributed by atoms with Crippen LogP contribution in [0, 0.1) is 0 Å². The molecule has 1 aromatic carbocycles. The summed E-state index contributed by atoms with van der Waals surface area (Å²) in [5.41, 5.74) is 3.47. The van der Waals surface area contributed by atoms with Crippen LogP contribution < -0.4 is 5.56 Å². The highest BCUT2D eigenvalue weighted by Crippen LogP contribution is 2.28. The molecule has 0 unspecified atom stereocenters. The van der Waals surface area contributed by atoms with E-state index in [1.807, 2.05) is 68.4 Å². The number of nitrogens with one attached hydrogen (secondary N) is 1. The van der Waals surface area contributed by atoms with Gasteiger partial charge in [-0.05, 0) is 29.8 Å². The van der Waals surface area contributed by atoms with Gasteiger partial charge in [-0.25, -0.2) is 4.98 Å². The molecule has 5 heteroatoms. The molecule has 1 N–H and O–H groups in total. The lowest BCUT2D eigenvalue weighted by molar-refractivity contribution is 1.13. The molecule has 27 heavy (non-hydrogen) atoms. The van der Waals surface area contributed by atoms with Gasteiger partial charge in [0.2, 0.25) is 0 Å². The molecule has 0 aliphatic rings. The van der Waals surface area contributed by atoms with E-state index >= 15 is 0 Å². The molecule has 3 aromatic heterocycles. The molecule has 0 aliphatic heterocycles. The van der Waals surface area contributed by atoms with Gasteiger partial charge in [-0.15, -0.1) is 0 Å². The number of H-pyrrole nitrogens is 1. The van der Waals surface area contributed by atoms with Gasteiger partial charge in [-0.1, -0.05) is 44.2 Å². The maximum Gasteiger partial charge on any atom is 0.259 e. The summed E-state index contributed by atoms with van der Waals surface area (Å²) in [6, 6.07) is 16.9. The van der Waals surface area contributed by atoms with E-state index in [4.69, 9.17) is 4.98 Å². The molecule has 0 fully saturated rings. The van der Waals surface area contributed by atoms with Crippen molar-refractivity contribution in [1.29, 1.82) is 0 Å². The molecule has 5 nitrogen and oxygen atoms in total. The van der Waals surface area contributed by atoms with E-state index in [0.717, 1.165) is 16.7 Å². The molecule has 4 rings (SSSR count). The van der Waals surface area contributed by atoms with Crippen LogP contribution in [0.25, 0.3) is 33.8 Å². The first kappa shape index (κ1) is 18.2. The van der Waals surface area contributed by atoms with E-state index in [2.05, 4.69) is 15.0 Å². The second-order valence-corrected chi connectivity index (χ2v) is 5.48. The standard InChI is InChI=1S/C20H14N4O.C2H6/c25-20-17(14-4-2-1-3-5-14)18(15-6-10-21-11-7-15)23-19(24-20)16-8-12-22-13-9-16;1-2/h1-13H,(H,23,24,25);1-2H3. The van der Waals surface area contributed by atoms with Gasteiger partial charge >= 0.3 is 0 Å². The fourth-order valence-corrected chi connectivity index (χ4v) is 2.71. The number of aromatic nitrogens is 4. The Morgan fingerprint density at radius 1 is 0.704 bits per heavy atom. The third-order valence-corrected chi connectivity index (χ3v) is 3.89. The van der Waals surface area contributed by atoms with Crippen LogP contribution >= 0.6 is 0 Å². The Kier molecular flexibility index (Phi) is 5.84. The summed E-state index contributed by atoms with van der Waals surface area (Å²) in [5, 5.41) is 0. The van der Waals surface area contributed by atoms with Gasteiger partial charge in [0.25, 0.3) is 5.56 Å². The van der Waals surface area contributed by atoms with E-state index in [1.54, 1.807) is 24.8 Å². The molecule has 0 saturated heterocycles. The first-order valence-corrected chi connectivity index (χ1v) is 8.83. The monoisotopic (exact) mass is 356 g/mol. The number of hydrogen-bond donors (Lipinski definition) is 1. The van der Waals surface area contributed by atoms with Crippen LogP contribution in [0.15, 0.2) is 84.2 Å². The molecule has 0 saturated carbocycles. The molecular formula is C22H20N4O. The second-order valence-electron chi connectivity index (χ2n) is 5.48. The molecule has 4 aromatic rings. The van der Waals surface area contributed by atoms with Crippen LogP contribution in [0.3, 0.4) is 0 Å². The zero-order valence-corrected chi connectivity index (χ0v) is 15.3.